The van der Waals surface area contributed by atoms with Gasteiger partial charge in [0.2, 0.25) is 5.91 Å². The van der Waals surface area contributed by atoms with Crippen LogP contribution in [0.4, 0.5) is 0 Å². The number of hydrogen-bond acceptors (Lipinski definition) is 4. The highest BCUT2D eigenvalue weighted by molar-refractivity contribution is 6.35. The lowest BCUT2D eigenvalue weighted by Gasteiger charge is -2.37. The van der Waals surface area contributed by atoms with Crippen molar-refractivity contribution in [1.82, 2.24) is 15.1 Å². The first-order valence-corrected chi connectivity index (χ1v) is 10.1. The SMILES string of the molecule is CC(C(=O)NCC1CCCO1)N1CCN(C(=O)c2cc(Cl)cc(Cl)c2)CC1. The Labute approximate surface area is 169 Å². The average molecular weight is 414 g/mol. The molecule has 148 valence electrons. The molecule has 2 fully saturated rings. The molecule has 0 bridgehead atoms. The molecular weight excluding hydrogens is 389 g/mol. The van der Waals surface area contributed by atoms with E-state index in [9.17, 15) is 9.59 Å². The summed E-state index contributed by atoms with van der Waals surface area (Å²) in [6.45, 7) is 5.67. The number of rotatable bonds is 5. The number of carbonyl (C=O) groups excluding carboxylic acids is 2. The van der Waals surface area contributed by atoms with E-state index in [1.807, 2.05) is 6.92 Å². The molecule has 1 aromatic rings. The van der Waals surface area contributed by atoms with E-state index in [2.05, 4.69) is 10.2 Å². The van der Waals surface area contributed by atoms with Gasteiger partial charge >= 0.3 is 0 Å². The first-order chi connectivity index (χ1) is 12.9. The summed E-state index contributed by atoms with van der Waals surface area (Å²) in [7, 11) is 0. The molecule has 8 heteroatoms. The quantitative estimate of drug-likeness (QED) is 0.804. The number of ether oxygens (including phenoxy) is 1. The Morgan fingerprint density at radius 2 is 1.85 bits per heavy atom. The number of benzene rings is 1. The fraction of sp³-hybridized carbons (Fsp3) is 0.579. The molecular formula is C19H25Cl2N3O3. The summed E-state index contributed by atoms with van der Waals surface area (Å²) < 4.78 is 5.54. The maximum atomic E-state index is 12.7. The fourth-order valence-corrected chi connectivity index (χ4v) is 4.03. The minimum atomic E-state index is -0.232. The number of hydrogen-bond donors (Lipinski definition) is 1. The Kier molecular flexibility index (Phi) is 6.98. The lowest BCUT2D eigenvalue weighted by molar-refractivity contribution is -0.126. The van der Waals surface area contributed by atoms with Gasteiger partial charge in [-0.25, -0.2) is 0 Å². The maximum Gasteiger partial charge on any atom is 0.254 e. The molecule has 2 amide bonds. The van der Waals surface area contributed by atoms with Crippen molar-refractivity contribution in [2.24, 2.45) is 0 Å². The normalized spacial score (nSPS) is 21.9. The fourth-order valence-electron chi connectivity index (χ4n) is 3.51. The number of nitrogens with zero attached hydrogens (tertiary/aromatic N) is 2. The van der Waals surface area contributed by atoms with Crippen LogP contribution in [0.15, 0.2) is 18.2 Å². The van der Waals surface area contributed by atoms with Gasteiger partial charge in [0.25, 0.3) is 5.91 Å². The van der Waals surface area contributed by atoms with Crippen molar-refractivity contribution in [1.29, 1.82) is 0 Å². The van der Waals surface area contributed by atoms with Crippen LogP contribution < -0.4 is 5.32 Å². The van der Waals surface area contributed by atoms with E-state index in [-0.39, 0.29) is 24.0 Å². The Hall–Kier alpha value is -1.34. The Morgan fingerprint density at radius 1 is 1.19 bits per heavy atom. The van der Waals surface area contributed by atoms with Crippen molar-refractivity contribution in [2.75, 3.05) is 39.3 Å². The van der Waals surface area contributed by atoms with Crippen LogP contribution in [-0.4, -0.2) is 73.1 Å². The van der Waals surface area contributed by atoms with E-state index < -0.39 is 0 Å². The molecule has 0 aromatic heterocycles. The highest BCUT2D eigenvalue weighted by Gasteiger charge is 2.28. The highest BCUT2D eigenvalue weighted by atomic mass is 35.5. The molecule has 2 heterocycles. The summed E-state index contributed by atoms with van der Waals surface area (Å²) in [6.07, 6.45) is 2.20. The molecule has 0 aliphatic carbocycles. The molecule has 1 N–H and O–H groups in total. The highest BCUT2D eigenvalue weighted by Crippen LogP contribution is 2.21. The van der Waals surface area contributed by atoms with Gasteiger partial charge in [-0.15, -0.1) is 0 Å². The molecule has 0 saturated carbocycles. The summed E-state index contributed by atoms with van der Waals surface area (Å²) in [6, 6.07) is 4.63. The van der Waals surface area contributed by atoms with Gasteiger partial charge in [-0.3, -0.25) is 14.5 Å². The van der Waals surface area contributed by atoms with Crippen LogP contribution >= 0.6 is 23.2 Å². The van der Waals surface area contributed by atoms with Crippen molar-refractivity contribution in [3.8, 4) is 0 Å². The minimum absolute atomic E-state index is 0.00639. The molecule has 6 nitrogen and oxygen atoms in total. The number of halogens is 2. The van der Waals surface area contributed by atoms with Gasteiger partial charge in [0.15, 0.2) is 0 Å². The Morgan fingerprint density at radius 3 is 2.44 bits per heavy atom. The third-order valence-electron chi connectivity index (χ3n) is 5.17. The largest absolute Gasteiger partial charge is 0.376 e. The van der Waals surface area contributed by atoms with Gasteiger partial charge in [-0.05, 0) is 38.0 Å². The zero-order valence-electron chi connectivity index (χ0n) is 15.4. The van der Waals surface area contributed by atoms with E-state index in [0.717, 1.165) is 19.4 Å². The van der Waals surface area contributed by atoms with Crippen LogP contribution in [0.5, 0.6) is 0 Å². The van der Waals surface area contributed by atoms with Gasteiger partial charge in [0.05, 0.1) is 12.1 Å². The minimum Gasteiger partial charge on any atom is -0.376 e. The van der Waals surface area contributed by atoms with Crippen LogP contribution in [-0.2, 0) is 9.53 Å². The van der Waals surface area contributed by atoms with Crippen molar-refractivity contribution >= 4 is 35.0 Å². The average Bonchev–Trinajstić information content (AvgIpc) is 3.18. The third kappa shape index (κ3) is 5.35. The number of carbonyl (C=O) groups is 2. The second kappa shape index (κ2) is 9.24. The van der Waals surface area contributed by atoms with Crippen molar-refractivity contribution in [3.63, 3.8) is 0 Å². The van der Waals surface area contributed by atoms with E-state index in [4.69, 9.17) is 27.9 Å². The second-order valence-corrected chi connectivity index (χ2v) is 7.92. The predicted molar refractivity (Wildman–Crippen MR) is 105 cm³/mol. The summed E-state index contributed by atoms with van der Waals surface area (Å²) >= 11 is 12.0. The van der Waals surface area contributed by atoms with E-state index in [1.54, 1.807) is 23.1 Å². The molecule has 3 rings (SSSR count). The monoisotopic (exact) mass is 413 g/mol. The van der Waals surface area contributed by atoms with Crippen molar-refractivity contribution in [2.45, 2.75) is 31.9 Å². The third-order valence-corrected chi connectivity index (χ3v) is 5.60. The lowest BCUT2D eigenvalue weighted by Crippen LogP contribution is -2.55. The predicted octanol–water partition coefficient (Wildman–Crippen LogP) is 2.43. The Bertz CT molecular complexity index is 667. The second-order valence-electron chi connectivity index (χ2n) is 7.04. The summed E-state index contributed by atoms with van der Waals surface area (Å²) in [4.78, 5) is 28.9. The lowest BCUT2D eigenvalue weighted by atomic mass is 10.1. The molecule has 0 spiro atoms. The van der Waals surface area contributed by atoms with Gasteiger partial charge in [0, 0.05) is 54.9 Å². The van der Waals surface area contributed by atoms with E-state index >= 15 is 0 Å². The molecule has 27 heavy (non-hydrogen) atoms. The first-order valence-electron chi connectivity index (χ1n) is 9.33. The molecule has 2 aliphatic rings. The maximum absolute atomic E-state index is 12.7. The molecule has 0 radical (unpaired) electrons. The number of amides is 2. The number of piperazine rings is 1. The van der Waals surface area contributed by atoms with Crippen molar-refractivity contribution < 1.29 is 14.3 Å². The standard InChI is InChI=1S/C19H25Cl2N3O3/c1-13(18(25)22-12-17-3-2-8-27-17)23-4-6-24(7-5-23)19(26)14-9-15(20)11-16(21)10-14/h9-11,13,17H,2-8,12H2,1H3,(H,22,25). The van der Waals surface area contributed by atoms with Crippen LogP contribution in [0.1, 0.15) is 30.1 Å². The molecule has 1 aromatic carbocycles. The summed E-state index contributed by atoms with van der Waals surface area (Å²) in [5.74, 6) is -0.0820. The molecule has 2 aliphatic heterocycles. The van der Waals surface area contributed by atoms with Crippen LogP contribution in [0.3, 0.4) is 0 Å². The molecule has 2 unspecified atom stereocenters. The molecule has 2 saturated heterocycles. The van der Waals surface area contributed by atoms with Crippen LogP contribution in [0, 0.1) is 0 Å². The summed E-state index contributed by atoms with van der Waals surface area (Å²) in [5.41, 5.74) is 0.489. The van der Waals surface area contributed by atoms with E-state index in [1.165, 1.54) is 0 Å². The van der Waals surface area contributed by atoms with Gasteiger partial charge in [-0.2, -0.15) is 0 Å². The topological polar surface area (TPSA) is 61.9 Å². The van der Waals surface area contributed by atoms with Gasteiger partial charge in [-0.1, -0.05) is 23.2 Å². The van der Waals surface area contributed by atoms with E-state index in [0.29, 0.717) is 48.3 Å². The van der Waals surface area contributed by atoms with Gasteiger partial charge in [0.1, 0.15) is 0 Å². The Balaban J connectivity index is 1.48. The zero-order chi connectivity index (χ0) is 19.4. The smallest absolute Gasteiger partial charge is 0.254 e. The van der Waals surface area contributed by atoms with Crippen LogP contribution in [0.25, 0.3) is 0 Å². The van der Waals surface area contributed by atoms with Crippen molar-refractivity contribution in [3.05, 3.63) is 33.8 Å². The van der Waals surface area contributed by atoms with Crippen LogP contribution in [0.2, 0.25) is 10.0 Å². The first kappa shape index (κ1) is 20.4. The molecule has 2 atom stereocenters. The summed E-state index contributed by atoms with van der Waals surface area (Å²) in [5, 5.41) is 3.87. The van der Waals surface area contributed by atoms with Gasteiger partial charge < -0.3 is 15.0 Å². The number of nitrogens with one attached hydrogen (secondary N) is 1. The zero-order valence-corrected chi connectivity index (χ0v) is 16.9.